The van der Waals surface area contributed by atoms with E-state index in [0.717, 1.165) is 34.3 Å². The highest BCUT2D eigenvalue weighted by Crippen LogP contribution is 2.36. The quantitative estimate of drug-likeness (QED) is 0.418. The molecule has 28 heavy (non-hydrogen) atoms. The maximum Gasteiger partial charge on any atom is 0.149 e. The normalized spacial score (nSPS) is 10.3. The minimum Gasteiger partial charge on any atom is -0.371 e. The van der Waals surface area contributed by atoms with Crippen LogP contribution in [0.15, 0.2) is 103 Å². The van der Waals surface area contributed by atoms with Crippen LogP contribution in [0.2, 0.25) is 0 Å². The molecule has 138 valence electrons. The molecule has 4 heteroatoms. The smallest absolute Gasteiger partial charge is 0.149 e. The summed E-state index contributed by atoms with van der Waals surface area (Å²) in [6.07, 6.45) is 1.78. The van der Waals surface area contributed by atoms with Gasteiger partial charge in [-0.05, 0) is 54.6 Å². The molecule has 4 rings (SSSR count). The number of anilines is 6. The monoisotopic (exact) mass is 366 g/mol. The van der Waals surface area contributed by atoms with Crippen LogP contribution in [0.1, 0.15) is 0 Å². The van der Waals surface area contributed by atoms with Crippen LogP contribution in [0.25, 0.3) is 0 Å². The van der Waals surface area contributed by atoms with Crippen molar-refractivity contribution in [2.75, 3.05) is 22.6 Å². The Kier molecular flexibility index (Phi) is 5.20. The largest absolute Gasteiger partial charge is 0.371 e. The van der Waals surface area contributed by atoms with Gasteiger partial charge in [0.25, 0.3) is 0 Å². The molecule has 1 aromatic heterocycles. The standard InChI is InChI=1S/C24H22N4/c1-25-24-23(16-9-17-26-24)27-19-10-8-15-22(18-19)28(20-11-4-2-5-12-20)21-13-6-3-7-14-21/h2-18,27H,1H3,(H,25,26). The first-order valence-corrected chi connectivity index (χ1v) is 9.25. The Balaban J connectivity index is 1.73. The summed E-state index contributed by atoms with van der Waals surface area (Å²) in [7, 11) is 1.87. The predicted octanol–water partition coefficient (Wildman–Crippen LogP) is 6.34. The zero-order valence-corrected chi connectivity index (χ0v) is 15.7. The van der Waals surface area contributed by atoms with Crippen molar-refractivity contribution in [2.45, 2.75) is 0 Å². The molecule has 0 fully saturated rings. The van der Waals surface area contributed by atoms with Gasteiger partial charge in [0.15, 0.2) is 0 Å². The molecular formula is C24H22N4. The third-order valence-electron chi connectivity index (χ3n) is 4.46. The highest BCUT2D eigenvalue weighted by atomic mass is 15.1. The first kappa shape index (κ1) is 17.6. The van der Waals surface area contributed by atoms with Crippen LogP contribution in [0.5, 0.6) is 0 Å². The molecule has 2 N–H and O–H groups in total. The Morgan fingerprint density at radius 1 is 0.679 bits per heavy atom. The number of rotatable bonds is 6. The van der Waals surface area contributed by atoms with Crippen LogP contribution in [-0.2, 0) is 0 Å². The fourth-order valence-corrected chi connectivity index (χ4v) is 3.18. The topological polar surface area (TPSA) is 40.2 Å². The second-order valence-electron chi connectivity index (χ2n) is 6.33. The molecule has 3 aromatic carbocycles. The molecule has 0 aliphatic rings. The van der Waals surface area contributed by atoms with Gasteiger partial charge in [-0.25, -0.2) is 4.98 Å². The van der Waals surface area contributed by atoms with Crippen LogP contribution >= 0.6 is 0 Å². The summed E-state index contributed by atoms with van der Waals surface area (Å²) in [5, 5.41) is 6.59. The van der Waals surface area contributed by atoms with Gasteiger partial charge in [0.05, 0.1) is 5.69 Å². The van der Waals surface area contributed by atoms with E-state index in [1.165, 1.54) is 0 Å². The number of benzene rings is 3. The fraction of sp³-hybridized carbons (Fsp3) is 0.0417. The van der Waals surface area contributed by atoms with E-state index in [2.05, 4.69) is 93.3 Å². The van der Waals surface area contributed by atoms with Gasteiger partial charge in [0.1, 0.15) is 5.82 Å². The molecule has 1 heterocycles. The van der Waals surface area contributed by atoms with E-state index in [-0.39, 0.29) is 0 Å². The number of nitrogens with zero attached hydrogens (tertiary/aromatic N) is 2. The molecule has 0 saturated carbocycles. The molecule has 0 spiro atoms. The Bertz CT molecular complexity index is 993. The maximum absolute atomic E-state index is 4.36. The molecule has 0 radical (unpaired) electrons. The van der Waals surface area contributed by atoms with E-state index in [9.17, 15) is 0 Å². The average molecular weight is 366 g/mol. The van der Waals surface area contributed by atoms with Gasteiger partial charge in [-0.1, -0.05) is 42.5 Å². The van der Waals surface area contributed by atoms with E-state index < -0.39 is 0 Å². The van der Waals surface area contributed by atoms with E-state index in [4.69, 9.17) is 0 Å². The zero-order valence-electron chi connectivity index (χ0n) is 15.7. The summed E-state index contributed by atoms with van der Waals surface area (Å²) in [5.41, 5.74) is 5.25. The first-order chi connectivity index (χ1) is 13.8. The van der Waals surface area contributed by atoms with Gasteiger partial charge >= 0.3 is 0 Å². The summed E-state index contributed by atoms with van der Waals surface area (Å²) in [6, 6.07) is 33.1. The summed E-state index contributed by atoms with van der Waals surface area (Å²) >= 11 is 0. The van der Waals surface area contributed by atoms with Crippen LogP contribution in [0.3, 0.4) is 0 Å². The van der Waals surface area contributed by atoms with Gasteiger partial charge in [-0.15, -0.1) is 0 Å². The molecule has 0 amide bonds. The van der Waals surface area contributed by atoms with Crippen molar-refractivity contribution in [3.63, 3.8) is 0 Å². The molecule has 0 bridgehead atoms. The van der Waals surface area contributed by atoms with Gasteiger partial charge in [0, 0.05) is 36.0 Å². The SMILES string of the molecule is CNc1ncccc1Nc1cccc(N(c2ccccc2)c2ccccc2)c1. The second kappa shape index (κ2) is 8.27. The third kappa shape index (κ3) is 3.81. The van der Waals surface area contributed by atoms with Crippen molar-refractivity contribution in [3.05, 3.63) is 103 Å². The number of nitrogens with one attached hydrogen (secondary N) is 2. The summed E-state index contributed by atoms with van der Waals surface area (Å²) < 4.78 is 0. The minimum absolute atomic E-state index is 0.816. The molecular weight excluding hydrogens is 344 g/mol. The van der Waals surface area contributed by atoms with E-state index >= 15 is 0 Å². The summed E-state index contributed by atoms with van der Waals surface area (Å²) in [6.45, 7) is 0. The van der Waals surface area contributed by atoms with E-state index in [1.54, 1.807) is 6.20 Å². The maximum atomic E-state index is 4.36. The number of hydrogen-bond acceptors (Lipinski definition) is 4. The number of para-hydroxylation sites is 2. The highest BCUT2D eigenvalue weighted by molar-refractivity contribution is 5.80. The fourth-order valence-electron chi connectivity index (χ4n) is 3.18. The second-order valence-corrected chi connectivity index (χ2v) is 6.33. The van der Waals surface area contributed by atoms with Crippen LogP contribution < -0.4 is 15.5 Å². The minimum atomic E-state index is 0.816. The van der Waals surface area contributed by atoms with E-state index in [1.807, 2.05) is 31.3 Å². The molecule has 0 aliphatic carbocycles. The van der Waals surface area contributed by atoms with Crippen molar-refractivity contribution >= 4 is 34.3 Å². The first-order valence-electron chi connectivity index (χ1n) is 9.25. The Morgan fingerprint density at radius 2 is 1.32 bits per heavy atom. The Labute approximate surface area is 165 Å². The van der Waals surface area contributed by atoms with Crippen LogP contribution in [-0.4, -0.2) is 12.0 Å². The van der Waals surface area contributed by atoms with Gasteiger partial charge in [-0.3, -0.25) is 0 Å². The Morgan fingerprint density at radius 3 is 1.96 bits per heavy atom. The van der Waals surface area contributed by atoms with Crippen molar-refractivity contribution in [1.29, 1.82) is 0 Å². The van der Waals surface area contributed by atoms with Crippen molar-refractivity contribution in [1.82, 2.24) is 4.98 Å². The zero-order chi connectivity index (χ0) is 19.2. The average Bonchev–Trinajstić information content (AvgIpc) is 2.76. The van der Waals surface area contributed by atoms with Crippen LogP contribution in [0, 0.1) is 0 Å². The van der Waals surface area contributed by atoms with E-state index in [0.29, 0.717) is 0 Å². The lowest BCUT2D eigenvalue weighted by molar-refractivity contribution is 1.27. The number of pyridine rings is 1. The summed E-state index contributed by atoms with van der Waals surface area (Å²) in [5.74, 6) is 0.816. The highest BCUT2D eigenvalue weighted by Gasteiger charge is 2.12. The lowest BCUT2D eigenvalue weighted by atomic mass is 10.2. The number of hydrogen-bond donors (Lipinski definition) is 2. The van der Waals surface area contributed by atoms with Gasteiger partial charge < -0.3 is 15.5 Å². The molecule has 0 unspecified atom stereocenters. The third-order valence-corrected chi connectivity index (χ3v) is 4.46. The molecule has 0 atom stereocenters. The molecule has 0 saturated heterocycles. The van der Waals surface area contributed by atoms with Crippen LogP contribution in [0.4, 0.5) is 34.3 Å². The molecule has 4 aromatic rings. The van der Waals surface area contributed by atoms with Crippen molar-refractivity contribution in [3.8, 4) is 0 Å². The lowest BCUT2D eigenvalue weighted by Gasteiger charge is -2.26. The van der Waals surface area contributed by atoms with Gasteiger partial charge in [0.2, 0.25) is 0 Å². The molecule has 0 aliphatic heterocycles. The van der Waals surface area contributed by atoms with Crippen molar-refractivity contribution in [2.24, 2.45) is 0 Å². The summed E-state index contributed by atoms with van der Waals surface area (Å²) in [4.78, 5) is 6.61. The number of aromatic nitrogens is 1. The van der Waals surface area contributed by atoms with Crippen molar-refractivity contribution < 1.29 is 0 Å². The lowest BCUT2D eigenvalue weighted by Crippen LogP contribution is -2.10. The van der Waals surface area contributed by atoms with Gasteiger partial charge in [-0.2, -0.15) is 0 Å². The predicted molar refractivity (Wildman–Crippen MR) is 118 cm³/mol. The molecule has 4 nitrogen and oxygen atoms in total. The Hall–Kier alpha value is -3.79.